The molecule has 1 fully saturated rings. The molecule has 3 rings (SSSR count). The smallest absolute Gasteiger partial charge is 0.109 e. The molecule has 3 heterocycles. The van der Waals surface area contributed by atoms with E-state index in [0.717, 1.165) is 26.1 Å². The Morgan fingerprint density at radius 2 is 2.14 bits per heavy atom. The summed E-state index contributed by atoms with van der Waals surface area (Å²) >= 11 is 1.75. The lowest BCUT2D eigenvalue weighted by Crippen LogP contribution is -2.43. The molecule has 4 nitrogen and oxygen atoms in total. The number of hydrogen-bond acceptors (Lipinski definition) is 5. The summed E-state index contributed by atoms with van der Waals surface area (Å²) in [6.07, 6.45) is 7.29. The van der Waals surface area contributed by atoms with E-state index in [1.807, 2.05) is 18.5 Å². The lowest BCUT2D eigenvalue weighted by Gasteiger charge is -2.34. The average molecular weight is 316 g/mol. The SMILES string of the molecule is CC[C@H](NC1CCN(Cc2ccccn2)CC1)c1nccs1. The molecule has 0 aromatic carbocycles. The Hall–Kier alpha value is -1.30. The minimum atomic E-state index is 0.410. The highest BCUT2D eigenvalue weighted by atomic mass is 32.1. The highest BCUT2D eigenvalue weighted by Gasteiger charge is 2.22. The van der Waals surface area contributed by atoms with Gasteiger partial charge in [0.25, 0.3) is 0 Å². The van der Waals surface area contributed by atoms with Crippen LogP contribution < -0.4 is 5.32 Å². The van der Waals surface area contributed by atoms with Crippen LogP contribution in [0.5, 0.6) is 0 Å². The van der Waals surface area contributed by atoms with Crippen LogP contribution in [0.25, 0.3) is 0 Å². The molecule has 0 aliphatic carbocycles. The van der Waals surface area contributed by atoms with Crippen LogP contribution in [0.4, 0.5) is 0 Å². The molecule has 0 unspecified atom stereocenters. The van der Waals surface area contributed by atoms with E-state index in [-0.39, 0.29) is 0 Å². The highest BCUT2D eigenvalue weighted by molar-refractivity contribution is 7.09. The summed E-state index contributed by atoms with van der Waals surface area (Å²) < 4.78 is 0. The fourth-order valence-corrected chi connectivity index (χ4v) is 3.82. The lowest BCUT2D eigenvalue weighted by atomic mass is 10.0. The Morgan fingerprint density at radius 3 is 2.77 bits per heavy atom. The first-order chi connectivity index (χ1) is 10.8. The molecule has 1 aliphatic heterocycles. The van der Waals surface area contributed by atoms with Crippen molar-refractivity contribution in [2.75, 3.05) is 13.1 Å². The molecule has 1 atom stereocenters. The van der Waals surface area contributed by atoms with E-state index in [9.17, 15) is 0 Å². The predicted molar refractivity (Wildman–Crippen MR) is 90.8 cm³/mol. The lowest BCUT2D eigenvalue weighted by molar-refractivity contribution is 0.181. The van der Waals surface area contributed by atoms with E-state index in [1.165, 1.54) is 23.5 Å². The number of thiazole rings is 1. The molecule has 1 saturated heterocycles. The Kier molecular flexibility index (Phi) is 5.53. The van der Waals surface area contributed by atoms with E-state index in [4.69, 9.17) is 0 Å². The number of pyridine rings is 1. The van der Waals surface area contributed by atoms with Gasteiger partial charge in [0.2, 0.25) is 0 Å². The maximum absolute atomic E-state index is 4.46. The van der Waals surface area contributed by atoms with Crippen LogP contribution in [0.2, 0.25) is 0 Å². The molecule has 0 saturated carbocycles. The minimum Gasteiger partial charge on any atom is -0.305 e. The average Bonchev–Trinajstić information content (AvgIpc) is 3.09. The number of hydrogen-bond donors (Lipinski definition) is 1. The second kappa shape index (κ2) is 7.81. The first-order valence-corrected chi connectivity index (χ1v) is 9.01. The molecule has 22 heavy (non-hydrogen) atoms. The zero-order chi connectivity index (χ0) is 15.2. The van der Waals surface area contributed by atoms with Crippen molar-refractivity contribution in [3.05, 3.63) is 46.7 Å². The zero-order valence-corrected chi connectivity index (χ0v) is 13.9. The third kappa shape index (κ3) is 4.12. The van der Waals surface area contributed by atoms with Gasteiger partial charge in [-0.25, -0.2) is 4.98 Å². The van der Waals surface area contributed by atoms with Crippen molar-refractivity contribution in [1.29, 1.82) is 0 Å². The third-order valence-electron chi connectivity index (χ3n) is 4.29. The summed E-state index contributed by atoms with van der Waals surface area (Å²) in [5.74, 6) is 0. The van der Waals surface area contributed by atoms with Crippen molar-refractivity contribution in [3.8, 4) is 0 Å². The Balaban J connectivity index is 1.47. The molecule has 0 spiro atoms. The number of rotatable bonds is 6. The monoisotopic (exact) mass is 316 g/mol. The molecule has 5 heteroatoms. The predicted octanol–water partition coefficient (Wildman–Crippen LogP) is 3.24. The topological polar surface area (TPSA) is 41.0 Å². The molecule has 1 N–H and O–H groups in total. The Bertz CT molecular complexity index is 535. The van der Waals surface area contributed by atoms with E-state index >= 15 is 0 Å². The van der Waals surface area contributed by atoms with E-state index in [1.54, 1.807) is 11.3 Å². The number of piperidine rings is 1. The van der Waals surface area contributed by atoms with Gasteiger partial charge in [-0.2, -0.15) is 0 Å². The summed E-state index contributed by atoms with van der Waals surface area (Å²) in [6.45, 7) is 5.48. The van der Waals surface area contributed by atoms with E-state index in [0.29, 0.717) is 12.1 Å². The van der Waals surface area contributed by atoms with Gasteiger partial charge in [0, 0.05) is 43.4 Å². The van der Waals surface area contributed by atoms with Crippen molar-refractivity contribution < 1.29 is 0 Å². The fourth-order valence-electron chi connectivity index (χ4n) is 3.03. The van der Waals surface area contributed by atoms with Crippen LogP contribution in [0.3, 0.4) is 0 Å². The Labute approximate surface area is 136 Å². The second-order valence-corrected chi connectivity index (χ2v) is 6.80. The maximum atomic E-state index is 4.46. The number of aromatic nitrogens is 2. The van der Waals surface area contributed by atoms with Crippen LogP contribution >= 0.6 is 11.3 Å². The Morgan fingerprint density at radius 1 is 1.27 bits per heavy atom. The molecule has 2 aromatic rings. The summed E-state index contributed by atoms with van der Waals surface area (Å²) in [4.78, 5) is 11.4. The van der Waals surface area contributed by atoms with Crippen LogP contribution in [0.1, 0.15) is 42.9 Å². The fraction of sp³-hybridized carbons (Fsp3) is 0.529. The van der Waals surface area contributed by atoms with Crippen molar-refractivity contribution in [2.24, 2.45) is 0 Å². The van der Waals surface area contributed by atoms with Crippen molar-refractivity contribution in [2.45, 2.75) is 44.8 Å². The van der Waals surface area contributed by atoms with Crippen LogP contribution in [0.15, 0.2) is 36.0 Å². The molecular formula is C17H24N4S. The quantitative estimate of drug-likeness (QED) is 0.888. The molecule has 0 amide bonds. The molecule has 118 valence electrons. The van der Waals surface area contributed by atoms with Gasteiger partial charge in [-0.15, -0.1) is 11.3 Å². The van der Waals surface area contributed by atoms with Gasteiger partial charge >= 0.3 is 0 Å². The van der Waals surface area contributed by atoms with Crippen LogP contribution in [-0.2, 0) is 6.54 Å². The zero-order valence-electron chi connectivity index (χ0n) is 13.1. The molecule has 2 aromatic heterocycles. The van der Waals surface area contributed by atoms with Crippen LogP contribution in [0, 0.1) is 0 Å². The van der Waals surface area contributed by atoms with Gasteiger partial charge in [-0.05, 0) is 31.4 Å². The van der Waals surface area contributed by atoms with Crippen LogP contribution in [-0.4, -0.2) is 34.0 Å². The van der Waals surface area contributed by atoms with E-state index < -0.39 is 0 Å². The summed E-state index contributed by atoms with van der Waals surface area (Å²) in [6, 6.07) is 7.17. The third-order valence-corrected chi connectivity index (χ3v) is 5.18. The highest BCUT2D eigenvalue weighted by Crippen LogP contribution is 2.22. The first kappa shape index (κ1) is 15.6. The van der Waals surface area contributed by atoms with Gasteiger partial charge < -0.3 is 5.32 Å². The maximum Gasteiger partial charge on any atom is 0.109 e. The summed E-state index contributed by atoms with van der Waals surface area (Å²) in [5, 5.41) is 7.08. The summed E-state index contributed by atoms with van der Waals surface area (Å²) in [5.41, 5.74) is 1.17. The number of nitrogens with zero attached hydrogens (tertiary/aromatic N) is 3. The minimum absolute atomic E-state index is 0.410. The van der Waals surface area contributed by atoms with E-state index in [2.05, 4.69) is 44.6 Å². The first-order valence-electron chi connectivity index (χ1n) is 8.13. The van der Waals surface area contributed by atoms with Crippen molar-refractivity contribution >= 4 is 11.3 Å². The van der Waals surface area contributed by atoms with Crippen molar-refractivity contribution in [1.82, 2.24) is 20.2 Å². The van der Waals surface area contributed by atoms with Gasteiger partial charge in [0.15, 0.2) is 0 Å². The molecule has 0 radical (unpaired) electrons. The molecular weight excluding hydrogens is 292 g/mol. The molecule has 0 bridgehead atoms. The normalized spacial score (nSPS) is 18.4. The largest absolute Gasteiger partial charge is 0.305 e. The second-order valence-electron chi connectivity index (χ2n) is 5.87. The van der Waals surface area contributed by atoms with Crippen molar-refractivity contribution in [3.63, 3.8) is 0 Å². The number of nitrogens with one attached hydrogen (secondary N) is 1. The van der Waals surface area contributed by atoms with Gasteiger partial charge in [-0.1, -0.05) is 13.0 Å². The van der Waals surface area contributed by atoms with Gasteiger partial charge in [-0.3, -0.25) is 9.88 Å². The number of likely N-dealkylation sites (tertiary alicyclic amines) is 1. The van der Waals surface area contributed by atoms with Gasteiger partial charge in [0.05, 0.1) is 11.7 Å². The standard InChI is InChI=1S/C17H24N4S/c1-2-16(17-19-9-12-22-17)20-14-6-10-21(11-7-14)13-15-5-3-4-8-18-15/h3-5,8-9,12,14,16,20H,2,6-7,10-11,13H2,1H3/t16-/m0/s1. The summed E-state index contributed by atoms with van der Waals surface area (Å²) in [7, 11) is 0. The van der Waals surface area contributed by atoms with Gasteiger partial charge in [0.1, 0.15) is 5.01 Å². The molecule has 1 aliphatic rings.